The normalized spacial score (nSPS) is 18.4. The SMILES string of the molecule is CC=CCON=C1CN=CNC1.Cl. The van der Waals surface area contributed by atoms with Gasteiger partial charge in [0.15, 0.2) is 0 Å². The molecule has 0 aromatic heterocycles. The molecule has 0 fully saturated rings. The zero-order valence-electron chi connectivity index (χ0n) is 7.56. The molecular weight excluding hydrogens is 190 g/mol. The molecule has 0 amide bonds. The molecule has 0 aromatic carbocycles. The Morgan fingerprint density at radius 1 is 1.77 bits per heavy atom. The molecule has 1 N–H and O–H groups in total. The Morgan fingerprint density at radius 2 is 2.62 bits per heavy atom. The minimum absolute atomic E-state index is 0. The van der Waals surface area contributed by atoms with E-state index in [0.717, 1.165) is 12.3 Å². The predicted molar refractivity (Wildman–Crippen MR) is 56.8 cm³/mol. The topological polar surface area (TPSA) is 46.0 Å². The van der Waals surface area contributed by atoms with E-state index in [-0.39, 0.29) is 12.4 Å². The fraction of sp³-hybridized carbons (Fsp3) is 0.500. The Balaban J connectivity index is 0.00000144. The number of rotatable bonds is 3. The van der Waals surface area contributed by atoms with Crippen LogP contribution in [-0.2, 0) is 4.84 Å². The first-order chi connectivity index (χ1) is 5.93. The minimum Gasteiger partial charge on any atom is -0.392 e. The Hall–Kier alpha value is -1.03. The molecule has 0 atom stereocenters. The van der Waals surface area contributed by atoms with Gasteiger partial charge in [-0.25, -0.2) is 0 Å². The van der Waals surface area contributed by atoms with Gasteiger partial charge in [0.25, 0.3) is 0 Å². The number of nitrogens with zero attached hydrogens (tertiary/aromatic N) is 2. The van der Waals surface area contributed by atoms with E-state index < -0.39 is 0 Å². The first-order valence-electron chi connectivity index (χ1n) is 3.94. The molecule has 0 bridgehead atoms. The molecule has 4 nitrogen and oxygen atoms in total. The van der Waals surface area contributed by atoms with Gasteiger partial charge in [0.05, 0.1) is 25.1 Å². The summed E-state index contributed by atoms with van der Waals surface area (Å²) in [6.07, 6.45) is 5.52. The van der Waals surface area contributed by atoms with E-state index in [1.807, 2.05) is 19.1 Å². The highest BCUT2D eigenvalue weighted by Crippen LogP contribution is 1.86. The quantitative estimate of drug-likeness (QED) is 0.423. The molecule has 1 aliphatic rings. The number of halogens is 1. The molecule has 5 heteroatoms. The highest BCUT2D eigenvalue weighted by Gasteiger charge is 2.00. The first-order valence-corrected chi connectivity index (χ1v) is 3.94. The molecule has 0 saturated carbocycles. The van der Waals surface area contributed by atoms with Crippen LogP contribution in [0.4, 0.5) is 0 Å². The van der Waals surface area contributed by atoms with Gasteiger partial charge in [0, 0.05) is 0 Å². The van der Waals surface area contributed by atoms with E-state index in [2.05, 4.69) is 15.5 Å². The van der Waals surface area contributed by atoms with E-state index in [1.54, 1.807) is 6.34 Å². The summed E-state index contributed by atoms with van der Waals surface area (Å²) in [4.78, 5) is 8.99. The van der Waals surface area contributed by atoms with Crippen LogP contribution in [-0.4, -0.2) is 31.7 Å². The molecule has 0 saturated heterocycles. The van der Waals surface area contributed by atoms with Gasteiger partial charge in [-0.15, -0.1) is 12.4 Å². The molecule has 1 heterocycles. The van der Waals surface area contributed by atoms with Gasteiger partial charge in [-0.05, 0) is 13.0 Å². The maximum atomic E-state index is 5.00. The summed E-state index contributed by atoms with van der Waals surface area (Å²) in [6.45, 7) is 3.86. The van der Waals surface area contributed by atoms with Crippen LogP contribution in [0, 0.1) is 0 Å². The number of oxime groups is 1. The van der Waals surface area contributed by atoms with Crippen molar-refractivity contribution in [1.29, 1.82) is 0 Å². The first kappa shape index (κ1) is 12.0. The van der Waals surface area contributed by atoms with Crippen LogP contribution in [0.1, 0.15) is 6.92 Å². The fourth-order valence-corrected chi connectivity index (χ4v) is 0.764. The van der Waals surface area contributed by atoms with Crippen molar-refractivity contribution < 1.29 is 4.84 Å². The van der Waals surface area contributed by atoms with Gasteiger partial charge in [-0.1, -0.05) is 11.2 Å². The second kappa shape index (κ2) is 7.61. The lowest BCUT2D eigenvalue weighted by molar-refractivity contribution is 0.173. The minimum atomic E-state index is 0. The fourth-order valence-electron chi connectivity index (χ4n) is 0.764. The molecule has 0 aliphatic carbocycles. The van der Waals surface area contributed by atoms with Crippen LogP contribution < -0.4 is 5.32 Å². The molecule has 1 aliphatic heterocycles. The maximum Gasteiger partial charge on any atom is 0.135 e. The lowest BCUT2D eigenvalue weighted by Crippen LogP contribution is -2.28. The van der Waals surface area contributed by atoms with Crippen LogP contribution in [0.3, 0.4) is 0 Å². The highest BCUT2D eigenvalue weighted by atomic mass is 35.5. The zero-order valence-corrected chi connectivity index (χ0v) is 8.38. The molecule has 0 radical (unpaired) electrons. The molecule has 13 heavy (non-hydrogen) atoms. The van der Waals surface area contributed by atoms with Gasteiger partial charge < -0.3 is 10.2 Å². The Morgan fingerprint density at radius 3 is 3.23 bits per heavy atom. The second-order valence-electron chi connectivity index (χ2n) is 2.37. The van der Waals surface area contributed by atoms with Crippen molar-refractivity contribution in [3.05, 3.63) is 12.2 Å². The summed E-state index contributed by atoms with van der Waals surface area (Å²) in [6, 6.07) is 0. The van der Waals surface area contributed by atoms with Gasteiger partial charge >= 0.3 is 0 Å². The number of nitrogens with one attached hydrogen (secondary N) is 1. The lowest BCUT2D eigenvalue weighted by Gasteiger charge is -2.07. The molecule has 0 aromatic rings. The lowest BCUT2D eigenvalue weighted by atomic mass is 10.3. The average molecular weight is 204 g/mol. The largest absolute Gasteiger partial charge is 0.392 e. The number of hydrogen-bond donors (Lipinski definition) is 1. The molecule has 1 rings (SSSR count). The summed E-state index contributed by atoms with van der Waals surface area (Å²) in [7, 11) is 0. The van der Waals surface area contributed by atoms with Crippen LogP contribution in [0.25, 0.3) is 0 Å². The van der Waals surface area contributed by atoms with Crippen LogP contribution in [0.2, 0.25) is 0 Å². The zero-order chi connectivity index (χ0) is 8.65. The van der Waals surface area contributed by atoms with E-state index in [1.165, 1.54) is 0 Å². The van der Waals surface area contributed by atoms with E-state index in [4.69, 9.17) is 4.84 Å². The third-order valence-corrected chi connectivity index (χ3v) is 1.36. The molecular formula is C8H14ClN3O. The van der Waals surface area contributed by atoms with Crippen molar-refractivity contribution in [1.82, 2.24) is 5.32 Å². The summed E-state index contributed by atoms with van der Waals surface area (Å²) >= 11 is 0. The van der Waals surface area contributed by atoms with Crippen molar-refractivity contribution >= 4 is 24.5 Å². The summed E-state index contributed by atoms with van der Waals surface area (Å²) in [5.41, 5.74) is 0.932. The third-order valence-electron chi connectivity index (χ3n) is 1.36. The van der Waals surface area contributed by atoms with Crippen molar-refractivity contribution in [3.8, 4) is 0 Å². The van der Waals surface area contributed by atoms with Crippen LogP contribution >= 0.6 is 12.4 Å². The summed E-state index contributed by atoms with van der Waals surface area (Å²) in [5.74, 6) is 0. The standard InChI is InChI=1S/C8H13N3O.ClH/c1-2-3-4-12-11-8-5-9-7-10-6-8;/h2-3,7H,4-6H2,1H3,(H,9,10);1H. The second-order valence-corrected chi connectivity index (χ2v) is 2.37. The van der Waals surface area contributed by atoms with Crippen molar-refractivity contribution in [2.24, 2.45) is 10.1 Å². The van der Waals surface area contributed by atoms with Crippen molar-refractivity contribution in [2.45, 2.75) is 6.92 Å². The summed E-state index contributed by atoms with van der Waals surface area (Å²) < 4.78 is 0. The predicted octanol–water partition coefficient (Wildman–Crippen LogP) is 0.988. The van der Waals surface area contributed by atoms with Gasteiger partial charge in [-0.2, -0.15) is 0 Å². The van der Waals surface area contributed by atoms with Crippen molar-refractivity contribution in [3.63, 3.8) is 0 Å². The van der Waals surface area contributed by atoms with E-state index in [9.17, 15) is 0 Å². The smallest absolute Gasteiger partial charge is 0.135 e. The highest BCUT2D eigenvalue weighted by molar-refractivity contribution is 5.92. The molecule has 0 unspecified atom stereocenters. The monoisotopic (exact) mass is 203 g/mol. The summed E-state index contributed by atoms with van der Waals surface area (Å²) in [5, 5.41) is 6.87. The average Bonchev–Trinajstić information content (AvgIpc) is 2.14. The third kappa shape index (κ3) is 5.25. The van der Waals surface area contributed by atoms with Crippen LogP contribution in [0.5, 0.6) is 0 Å². The van der Waals surface area contributed by atoms with Gasteiger partial charge in [0.2, 0.25) is 0 Å². The molecule has 0 spiro atoms. The van der Waals surface area contributed by atoms with Crippen molar-refractivity contribution in [2.75, 3.05) is 19.7 Å². The van der Waals surface area contributed by atoms with Gasteiger partial charge in [-0.3, -0.25) is 4.99 Å². The molecule has 74 valence electrons. The number of hydrogen-bond acceptors (Lipinski definition) is 4. The van der Waals surface area contributed by atoms with Gasteiger partial charge in [0.1, 0.15) is 6.61 Å². The Kier molecular flexibility index (Phi) is 7.01. The Bertz CT molecular complexity index is 213. The Labute approximate surface area is 84.2 Å². The number of allylic oxidation sites excluding steroid dienone is 1. The van der Waals surface area contributed by atoms with Crippen LogP contribution in [0.15, 0.2) is 22.3 Å². The maximum absolute atomic E-state index is 5.00. The van der Waals surface area contributed by atoms with E-state index >= 15 is 0 Å². The number of aliphatic imine (C=N–C) groups is 1. The van der Waals surface area contributed by atoms with E-state index in [0.29, 0.717) is 13.2 Å².